The molecule has 2 aromatic rings. The lowest BCUT2D eigenvalue weighted by molar-refractivity contribution is 0.0785. The zero-order valence-electron chi connectivity index (χ0n) is 12.1. The summed E-state index contributed by atoms with van der Waals surface area (Å²) in [7, 11) is 0. The Hall–Kier alpha value is -1.84. The van der Waals surface area contributed by atoms with Crippen LogP contribution in [-0.2, 0) is 12.1 Å². The molecule has 2 rings (SSSR count). The quantitative estimate of drug-likeness (QED) is 0.908. The highest BCUT2D eigenvalue weighted by Crippen LogP contribution is 2.19. The van der Waals surface area contributed by atoms with Crippen molar-refractivity contribution in [3.05, 3.63) is 70.2 Å². The van der Waals surface area contributed by atoms with Crippen molar-refractivity contribution >= 4 is 17.5 Å². The molecule has 0 radical (unpaired) electrons. The molecule has 110 valence electrons. The minimum atomic E-state index is -0.859. The molecule has 0 fully saturated rings. The van der Waals surface area contributed by atoms with Gasteiger partial charge in [0.25, 0.3) is 5.91 Å². The molecule has 0 aliphatic heterocycles. The standard InChI is InChI=1S/C17H18ClNO2/c1-17(2,21)14-8-6-12(7-9-14)11-19-16(20)13-4-3-5-15(18)10-13/h3-10,21H,11H2,1-2H3,(H,19,20). The molecular formula is C17H18ClNO2. The van der Waals surface area contributed by atoms with Crippen LogP contribution in [0.5, 0.6) is 0 Å². The van der Waals surface area contributed by atoms with Gasteiger partial charge in [-0.15, -0.1) is 0 Å². The highest BCUT2D eigenvalue weighted by molar-refractivity contribution is 6.30. The van der Waals surface area contributed by atoms with Gasteiger partial charge in [0, 0.05) is 17.1 Å². The fraction of sp³-hybridized carbons (Fsp3) is 0.235. The van der Waals surface area contributed by atoms with E-state index in [0.717, 1.165) is 11.1 Å². The molecule has 0 aliphatic carbocycles. The summed E-state index contributed by atoms with van der Waals surface area (Å²) in [6.07, 6.45) is 0. The number of carbonyl (C=O) groups excluding carboxylic acids is 1. The Morgan fingerprint density at radius 2 is 1.86 bits per heavy atom. The molecule has 3 nitrogen and oxygen atoms in total. The second-order valence-electron chi connectivity index (χ2n) is 5.45. The van der Waals surface area contributed by atoms with Crippen LogP contribution < -0.4 is 5.32 Å². The predicted molar refractivity (Wildman–Crippen MR) is 84.3 cm³/mol. The van der Waals surface area contributed by atoms with E-state index in [9.17, 15) is 9.90 Å². The van der Waals surface area contributed by atoms with E-state index in [1.165, 1.54) is 0 Å². The molecule has 0 unspecified atom stereocenters. The summed E-state index contributed by atoms with van der Waals surface area (Å²) in [6, 6.07) is 14.3. The van der Waals surface area contributed by atoms with Crippen LogP contribution >= 0.6 is 11.6 Å². The fourth-order valence-corrected chi connectivity index (χ4v) is 2.13. The van der Waals surface area contributed by atoms with E-state index in [1.54, 1.807) is 38.1 Å². The van der Waals surface area contributed by atoms with Crippen LogP contribution in [0.3, 0.4) is 0 Å². The maximum atomic E-state index is 12.0. The third-order valence-corrected chi connectivity index (χ3v) is 3.44. The lowest BCUT2D eigenvalue weighted by Crippen LogP contribution is -2.23. The molecule has 0 aromatic heterocycles. The van der Waals surface area contributed by atoms with Crippen molar-refractivity contribution in [3.63, 3.8) is 0 Å². The van der Waals surface area contributed by atoms with Crippen LogP contribution in [0.4, 0.5) is 0 Å². The van der Waals surface area contributed by atoms with Crippen LogP contribution in [0.2, 0.25) is 5.02 Å². The van der Waals surface area contributed by atoms with Gasteiger partial charge in [-0.05, 0) is 43.2 Å². The Morgan fingerprint density at radius 1 is 1.19 bits per heavy atom. The maximum Gasteiger partial charge on any atom is 0.251 e. The van der Waals surface area contributed by atoms with Crippen molar-refractivity contribution < 1.29 is 9.90 Å². The van der Waals surface area contributed by atoms with E-state index in [-0.39, 0.29) is 5.91 Å². The summed E-state index contributed by atoms with van der Waals surface area (Å²) < 4.78 is 0. The van der Waals surface area contributed by atoms with E-state index in [2.05, 4.69) is 5.32 Å². The fourth-order valence-electron chi connectivity index (χ4n) is 1.94. The normalized spacial score (nSPS) is 11.2. The average molecular weight is 304 g/mol. The minimum Gasteiger partial charge on any atom is -0.386 e. The number of aliphatic hydroxyl groups is 1. The first kappa shape index (κ1) is 15.5. The molecular weight excluding hydrogens is 286 g/mol. The van der Waals surface area contributed by atoms with E-state index in [0.29, 0.717) is 17.1 Å². The van der Waals surface area contributed by atoms with Crippen LogP contribution in [0, 0.1) is 0 Å². The van der Waals surface area contributed by atoms with Crippen LogP contribution in [-0.4, -0.2) is 11.0 Å². The number of benzene rings is 2. The zero-order valence-corrected chi connectivity index (χ0v) is 12.8. The SMILES string of the molecule is CC(C)(O)c1ccc(CNC(=O)c2cccc(Cl)c2)cc1. The summed E-state index contributed by atoms with van der Waals surface area (Å²) in [6.45, 7) is 3.91. The molecule has 4 heteroatoms. The summed E-state index contributed by atoms with van der Waals surface area (Å²) in [5, 5.41) is 13.3. The number of rotatable bonds is 4. The Labute approximate surface area is 129 Å². The summed E-state index contributed by atoms with van der Waals surface area (Å²) >= 11 is 5.86. The average Bonchev–Trinajstić information content (AvgIpc) is 2.44. The summed E-state index contributed by atoms with van der Waals surface area (Å²) in [5.74, 6) is -0.163. The lowest BCUT2D eigenvalue weighted by atomic mass is 9.97. The summed E-state index contributed by atoms with van der Waals surface area (Å²) in [4.78, 5) is 12.0. The van der Waals surface area contributed by atoms with Gasteiger partial charge in [0.15, 0.2) is 0 Å². The molecule has 0 spiro atoms. The Kier molecular flexibility index (Phi) is 4.66. The third kappa shape index (κ3) is 4.31. The molecule has 0 atom stereocenters. The van der Waals surface area contributed by atoms with Crippen molar-refractivity contribution in [2.24, 2.45) is 0 Å². The van der Waals surface area contributed by atoms with Gasteiger partial charge in [-0.2, -0.15) is 0 Å². The molecule has 0 heterocycles. The van der Waals surface area contributed by atoms with Crippen molar-refractivity contribution in [3.8, 4) is 0 Å². The first-order valence-corrected chi connectivity index (χ1v) is 7.09. The van der Waals surface area contributed by atoms with Gasteiger partial charge in [0.05, 0.1) is 5.60 Å². The number of hydrogen-bond donors (Lipinski definition) is 2. The topological polar surface area (TPSA) is 49.3 Å². The number of halogens is 1. The molecule has 0 aliphatic rings. The largest absolute Gasteiger partial charge is 0.386 e. The number of hydrogen-bond acceptors (Lipinski definition) is 2. The van der Waals surface area contributed by atoms with E-state index in [1.807, 2.05) is 24.3 Å². The van der Waals surface area contributed by atoms with Gasteiger partial charge in [-0.1, -0.05) is 41.9 Å². The Balaban J connectivity index is 1.98. The number of nitrogens with one attached hydrogen (secondary N) is 1. The predicted octanol–water partition coefficient (Wildman–Crippen LogP) is 3.50. The first-order valence-electron chi connectivity index (χ1n) is 6.72. The monoisotopic (exact) mass is 303 g/mol. The minimum absolute atomic E-state index is 0.163. The molecule has 21 heavy (non-hydrogen) atoms. The second kappa shape index (κ2) is 6.29. The molecule has 2 aromatic carbocycles. The van der Waals surface area contributed by atoms with Gasteiger partial charge in [0.2, 0.25) is 0 Å². The van der Waals surface area contributed by atoms with Gasteiger partial charge < -0.3 is 10.4 Å². The smallest absolute Gasteiger partial charge is 0.251 e. The summed E-state index contributed by atoms with van der Waals surface area (Å²) in [5.41, 5.74) is 1.49. The molecule has 2 N–H and O–H groups in total. The Bertz CT molecular complexity index is 630. The van der Waals surface area contributed by atoms with Crippen molar-refractivity contribution in [1.82, 2.24) is 5.32 Å². The molecule has 0 saturated carbocycles. The van der Waals surface area contributed by atoms with Crippen molar-refractivity contribution in [2.75, 3.05) is 0 Å². The highest BCUT2D eigenvalue weighted by atomic mass is 35.5. The number of amides is 1. The van der Waals surface area contributed by atoms with Gasteiger partial charge >= 0.3 is 0 Å². The molecule has 1 amide bonds. The Morgan fingerprint density at radius 3 is 2.43 bits per heavy atom. The van der Waals surface area contributed by atoms with Gasteiger partial charge in [0.1, 0.15) is 0 Å². The van der Waals surface area contributed by atoms with Gasteiger partial charge in [-0.25, -0.2) is 0 Å². The van der Waals surface area contributed by atoms with Crippen molar-refractivity contribution in [1.29, 1.82) is 0 Å². The van der Waals surface area contributed by atoms with E-state index >= 15 is 0 Å². The highest BCUT2D eigenvalue weighted by Gasteiger charge is 2.15. The zero-order chi connectivity index (χ0) is 15.5. The maximum absolute atomic E-state index is 12.0. The van der Waals surface area contributed by atoms with Crippen LogP contribution in [0.1, 0.15) is 35.3 Å². The lowest BCUT2D eigenvalue weighted by Gasteiger charge is -2.18. The van der Waals surface area contributed by atoms with Gasteiger partial charge in [-0.3, -0.25) is 4.79 Å². The number of carbonyl (C=O) groups is 1. The molecule has 0 bridgehead atoms. The first-order chi connectivity index (χ1) is 9.86. The van der Waals surface area contributed by atoms with Crippen molar-refractivity contribution in [2.45, 2.75) is 26.0 Å². The second-order valence-corrected chi connectivity index (χ2v) is 5.89. The third-order valence-electron chi connectivity index (χ3n) is 3.20. The van der Waals surface area contributed by atoms with Crippen LogP contribution in [0.15, 0.2) is 48.5 Å². The van der Waals surface area contributed by atoms with E-state index < -0.39 is 5.60 Å². The van der Waals surface area contributed by atoms with Crippen LogP contribution in [0.25, 0.3) is 0 Å². The van der Waals surface area contributed by atoms with E-state index in [4.69, 9.17) is 11.6 Å². The molecule has 0 saturated heterocycles.